The van der Waals surface area contributed by atoms with Crippen molar-refractivity contribution < 1.29 is 75.8 Å². The van der Waals surface area contributed by atoms with Gasteiger partial charge in [0.25, 0.3) is 0 Å². The number of hydrogen-bond acceptors (Lipinski definition) is 14. The summed E-state index contributed by atoms with van der Waals surface area (Å²) in [5.74, 6) is -1.67. The van der Waals surface area contributed by atoms with Gasteiger partial charge in [-0.25, -0.2) is 9.13 Å². The fourth-order valence-corrected chi connectivity index (χ4v) is 10.5. The fraction of sp³-hybridized carbons (Fsp3) is 0.608. The molecule has 550 valence electrons. The van der Waals surface area contributed by atoms with Crippen molar-refractivity contribution in [3.63, 3.8) is 0 Å². The van der Waals surface area contributed by atoms with E-state index in [4.69, 9.17) is 32.3 Å². The topological polar surface area (TPSA) is 231 Å². The molecule has 0 aliphatic heterocycles. The predicted molar refractivity (Wildman–Crippen MR) is 398 cm³/mol. The molecule has 97 heavy (non-hydrogen) atoms. The number of phosphoric acid groups is 2. The Morgan fingerprint density at radius 3 is 0.887 bits per heavy atom. The molecule has 16 nitrogen and oxygen atoms in total. The highest BCUT2D eigenvalue weighted by Crippen LogP contribution is 2.45. The number of unbranched alkanes of at least 4 members (excludes halogenated alkanes) is 16. The maximum Gasteiger partial charge on any atom is 0.472 e. The zero-order valence-corrected chi connectivity index (χ0v) is 61.5. The first-order valence-electron chi connectivity index (χ1n) is 36.4. The van der Waals surface area contributed by atoms with Crippen LogP contribution in [0.5, 0.6) is 0 Å². The monoisotopic (exact) mass is 1390 g/mol. The first kappa shape index (κ1) is 91.9. The third-order valence-electron chi connectivity index (χ3n) is 14.4. The van der Waals surface area contributed by atoms with Crippen LogP contribution < -0.4 is 0 Å². The average molecular weight is 1400 g/mol. The lowest BCUT2D eigenvalue weighted by molar-refractivity contribution is -0.161. The van der Waals surface area contributed by atoms with Gasteiger partial charge in [0.05, 0.1) is 26.4 Å². The number of phosphoric ester groups is 2. The highest BCUT2D eigenvalue weighted by atomic mass is 31.2. The summed E-state index contributed by atoms with van der Waals surface area (Å²) in [6.07, 6.45) is 88.3. The fourth-order valence-electron chi connectivity index (χ4n) is 8.90. The number of carbonyl (C=O) groups excluding carboxylic acids is 3. The van der Waals surface area contributed by atoms with Gasteiger partial charge in [0.1, 0.15) is 25.4 Å². The first-order valence-corrected chi connectivity index (χ1v) is 39.4. The van der Waals surface area contributed by atoms with Crippen molar-refractivity contribution in [1.82, 2.24) is 0 Å². The Balaban J connectivity index is 4.70. The van der Waals surface area contributed by atoms with Crippen LogP contribution in [0.3, 0.4) is 0 Å². The van der Waals surface area contributed by atoms with Gasteiger partial charge in [0.15, 0.2) is 6.10 Å². The maximum atomic E-state index is 12.9. The molecule has 4 N–H and O–H groups in total. The summed E-state index contributed by atoms with van der Waals surface area (Å²) in [4.78, 5) is 58.5. The van der Waals surface area contributed by atoms with Crippen molar-refractivity contribution >= 4 is 33.6 Å². The predicted octanol–water partition coefficient (Wildman–Crippen LogP) is 20.9. The van der Waals surface area contributed by atoms with E-state index >= 15 is 0 Å². The number of esters is 3. The summed E-state index contributed by atoms with van der Waals surface area (Å²) in [5, 5.41) is 20.6. The quantitative estimate of drug-likeness (QED) is 0.0146. The average Bonchev–Trinajstić information content (AvgIpc) is 1.82. The van der Waals surface area contributed by atoms with E-state index in [1.165, 1.54) is 19.3 Å². The molecule has 0 rings (SSSR count). The second-order valence-electron chi connectivity index (χ2n) is 23.6. The van der Waals surface area contributed by atoms with Gasteiger partial charge in [-0.1, -0.05) is 249 Å². The Morgan fingerprint density at radius 2 is 0.546 bits per heavy atom. The number of hydrogen-bond donors (Lipinski definition) is 4. The van der Waals surface area contributed by atoms with Gasteiger partial charge >= 0.3 is 33.6 Å². The molecule has 0 radical (unpaired) electrons. The van der Waals surface area contributed by atoms with Gasteiger partial charge in [-0.3, -0.25) is 32.5 Å². The van der Waals surface area contributed by atoms with E-state index in [0.29, 0.717) is 19.3 Å². The molecule has 0 aromatic carbocycles. The molecule has 0 saturated heterocycles. The highest BCUT2D eigenvalue weighted by molar-refractivity contribution is 7.47. The molecule has 0 spiro atoms. The van der Waals surface area contributed by atoms with E-state index in [9.17, 15) is 43.5 Å². The summed E-state index contributed by atoms with van der Waals surface area (Å²) in [6.45, 7) is 2.30. The van der Waals surface area contributed by atoms with E-state index in [1.807, 2.05) is 0 Å². The molecule has 0 aromatic rings. The molecule has 5 atom stereocenters. The second-order valence-corrected chi connectivity index (χ2v) is 26.5. The maximum absolute atomic E-state index is 12.9. The van der Waals surface area contributed by atoms with Gasteiger partial charge in [0.2, 0.25) is 0 Å². The largest absolute Gasteiger partial charge is 0.472 e. The molecule has 0 heterocycles. The van der Waals surface area contributed by atoms with Gasteiger partial charge in [-0.05, 0) is 154 Å². The Morgan fingerprint density at radius 1 is 0.299 bits per heavy atom. The Labute approximate surface area is 586 Å². The number of carbonyl (C=O) groups is 3. The lowest BCUT2D eigenvalue weighted by Crippen LogP contribution is -2.30. The molecule has 5 unspecified atom stereocenters. The third-order valence-corrected chi connectivity index (χ3v) is 16.3. The Hall–Kier alpha value is -5.09. The molecular weight excluding hydrogens is 1270 g/mol. The number of aliphatic hydroxyl groups is 2. The van der Waals surface area contributed by atoms with Crippen molar-refractivity contribution in [3.05, 3.63) is 170 Å². The molecule has 18 heteroatoms. The van der Waals surface area contributed by atoms with Crippen LogP contribution in [0.2, 0.25) is 0 Å². The highest BCUT2D eigenvalue weighted by Gasteiger charge is 2.29. The second kappa shape index (κ2) is 70.8. The minimum atomic E-state index is -4.95. The van der Waals surface area contributed by atoms with E-state index in [1.54, 1.807) is 0 Å². The van der Waals surface area contributed by atoms with Gasteiger partial charge < -0.3 is 34.2 Å². The van der Waals surface area contributed by atoms with Crippen LogP contribution in [-0.4, -0.2) is 95.9 Å². The summed E-state index contributed by atoms with van der Waals surface area (Å²) in [5.41, 5.74) is 0. The molecule has 0 aliphatic carbocycles. The zero-order chi connectivity index (χ0) is 70.9. The van der Waals surface area contributed by atoms with E-state index in [0.717, 1.165) is 173 Å². The SMILES string of the molecule is CC/C=C\C/C=C\C/C=C\C/C=C\C/C=C\C/C=C\CCCCCCCCC(=O)OCC(O)COP(=O)(O)OCC(O)COP(=O)(O)OCC(COC(=O)CCCC/C=C\C/C=C\C/C=C\C/C=C\C/C=C\C/C=C\CC)OC(=O)CCCCCCC/C=C\C/C=C\CCCCC. The molecule has 0 aliphatic rings. The third kappa shape index (κ3) is 72.0. The smallest absolute Gasteiger partial charge is 0.463 e. The summed E-state index contributed by atoms with van der Waals surface area (Å²) >= 11 is 0. The molecule has 0 fully saturated rings. The van der Waals surface area contributed by atoms with Crippen LogP contribution in [0.4, 0.5) is 0 Å². The van der Waals surface area contributed by atoms with E-state index in [-0.39, 0.29) is 19.3 Å². The van der Waals surface area contributed by atoms with Crippen LogP contribution in [0.1, 0.15) is 252 Å². The Bertz CT molecular complexity index is 2440. The summed E-state index contributed by atoms with van der Waals surface area (Å²) < 4.78 is 60.9. The minimum absolute atomic E-state index is 0.0721. The first-order chi connectivity index (χ1) is 47.2. The number of rotatable bonds is 67. The summed E-state index contributed by atoms with van der Waals surface area (Å²) in [6, 6.07) is 0. The van der Waals surface area contributed by atoms with Crippen LogP contribution in [0.25, 0.3) is 0 Å². The Kier molecular flexibility index (Phi) is 67.0. The van der Waals surface area contributed by atoms with Crippen LogP contribution >= 0.6 is 15.6 Å². The molecular formula is C79H128O16P2. The molecule has 0 saturated carbocycles. The lowest BCUT2D eigenvalue weighted by Gasteiger charge is -2.21. The van der Waals surface area contributed by atoms with Gasteiger partial charge in [-0.2, -0.15) is 0 Å². The van der Waals surface area contributed by atoms with Crippen molar-refractivity contribution in [1.29, 1.82) is 0 Å². The van der Waals surface area contributed by atoms with Crippen molar-refractivity contribution in [2.24, 2.45) is 0 Å². The van der Waals surface area contributed by atoms with Crippen LogP contribution in [0.15, 0.2) is 170 Å². The van der Waals surface area contributed by atoms with Crippen molar-refractivity contribution in [2.75, 3.05) is 39.6 Å². The van der Waals surface area contributed by atoms with Crippen LogP contribution in [0, 0.1) is 0 Å². The van der Waals surface area contributed by atoms with Gasteiger partial charge in [0, 0.05) is 19.3 Å². The van der Waals surface area contributed by atoms with Gasteiger partial charge in [-0.15, -0.1) is 0 Å². The summed E-state index contributed by atoms with van der Waals surface area (Å²) in [7, 11) is -9.82. The molecule has 0 bridgehead atoms. The lowest BCUT2D eigenvalue weighted by atomic mass is 10.1. The number of allylic oxidation sites excluding steroid dienone is 28. The number of aliphatic hydroxyl groups excluding tert-OH is 2. The normalized spacial score (nSPS) is 15.1. The van der Waals surface area contributed by atoms with Crippen LogP contribution in [-0.2, 0) is 55.8 Å². The number of ether oxygens (including phenoxy) is 3. The standard InChI is InChI=1S/C79H128O16P2/c1-4-7-10-13-16-19-22-25-28-30-32-34-35-36-37-39-41-42-45-47-50-53-56-59-62-65-77(82)89-68-74(80)69-91-96(85,86)92-70-75(81)71-93-97(87,88)94-73-76(95-79(84)67-64-61-58-55-52-49-44-27-24-21-18-15-12-9-6-3)72-90-78(83)66-63-60-57-54-51-48-46-43-40-38-33-31-29-26-23-20-17-14-11-8-5-2/h7-8,10-11,16-21,25-29,32-34,36-38,41-44,46,51,54,74-76,80-81H,4-6,9,12-15,22-24,30-31,35,39-40,45,47-50,52-53,55-73H2,1-3H3,(H,85,86)(H,87,88)/b10-7-,11-8-,19-16-,20-17-,21-18-,28-25-,29-26-,34-32-,37-36-,38-33-,42-41-,44-27-,46-43-,54-51-. The van der Waals surface area contributed by atoms with E-state index in [2.05, 4.69) is 191 Å². The molecule has 0 aromatic heterocycles. The van der Waals surface area contributed by atoms with Crippen molar-refractivity contribution in [2.45, 2.75) is 270 Å². The van der Waals surface area contributed by atoms with Crippen molar-refractivity contribution in [3.8, 4) is 0 Å². The zero-order valence-electron chi connectivity index (χ0n) is 59.7. The van der Waals surface area contributed by atoms with E-state index < -0.39 is 91.5 Å². The molecule has 0 amide bonds. The minimum Gasteiger partial charge on any atom is -0.463 e.